The summed E-state index contributed by atoms with van der Waals surface area (Å²) in [6.45, 7) is 1.84. The quantitative estimate of drug-likeness (QED) is 0.812. The van der Waals surface area contributed by atoms with Crippen molar-refractivity contribution in [2.45, 2.75) is 25.3 Å². The van der Waals surface area contributed by atoms with Gasteiger partial charge in [0.05, 0.1) is 11.5 Å². The van der Waals surface area contributed by atoms with Crippen LogP contribution in [0, 0.1) is 0 Å². The first kappa shape index (κ1) is 15.3. The van der Waals surface area contributed by atoms with Crippen LogP contribution >= 0.6 is 0 Å². The Hall–Kier alpha value is -1.07. The van der Waals surface area contributed by atoms with Gasteiger partial charge in [-0.1, -0.05) is 18.2 Å². The molecule has 0 aliphatic carbocycles. The van der Waals surface area contributed by atoms with E-state index in [4.69, 9.17) is 0 Å². The fourth-order valence-corrected chi connectivity index (χ4v) is 4.29. The summed E-state index contributed by atoms with van der Waals surface area (Å²) in [6.07, 6.45) is 2.79. The van der Waals surface area contributed by atoms with Crippen molar-refractivity contribution in [2.24, 2.45) is 0 Å². The largest absolute Gasteiger partial charge is 0.375 e. The zero-order chi connectivity index (χ0) is 14.4. The summed E-state index contributed by atoms with van der Waals surface area (Å²) < 4.78 is 23.1. The molecule has 1 saturated heterocycles. The molecule has 1 aliphatic rings. The molecule has 20 heavy (non-hydrogen) atoms. The van der Waals surface area contributed by atoms with Crippen LogP contribution in [0.1, 0.15) is 19.3 Å². The topological polar surface area (TPSA) is 49.4 Å². The van der Waals surface area contributed by atoms with Crippen LogP contribution in [0.3, 0.4) is 0 Å². The molecule has 5 heteroatoms. The second kappa shape index (κ2) is 7.09. The van der Waals surface area contributed by atoms with E-state index in [0.29, 0.717) is 11.5 Å². The highest BCUT2D eigenvalue weighted by Gasteiger charge is 2.23. The number of anilines is 1. The summed E-state index contributed by atoms with van der Waals surface area (Å²) in [5.41, 5.74) is 1.22. The van der Waals surface area contributed by atoms with Gasteiger partial charge in [0, 0.05) is 25.3 Å². The molecule has 112 valence electrons. The van der Waals surface area contributed by atoms with E-state index in [9.17, 15) is 8.42 Å². The molecule has 1 unspecified atom stereocenters. The van der Waals surface area contributed by atoms with E-state index in [0.717, 1.165) is 32.4 Å². The molecule has 1 aromatic carbocycles. The standard InChI is InChI=1S/C15H24N2O2S/c1-17(15-8-3-2-4-9-15)11-6-10-16-14-7-5-12-20(18,19)13-14/h2-4,8-9,14,16H,5-7,10-13H2,1H3. The number of rotatable bonds is 6. The maximum Gasteiger partial charge on any atom is 0.151 e. The van der Waals surface area contributed by atoms with Crippen molar-refractivity contribution in [1.82, 2.24) is 5.32 Å². The van der Waals surface area contributed by atoms with Gasteiger partial charge in [-0.05, 0) is 37.9 Å². The highest BCUT2D eigenvalue weighted by atomic mass is 32.2. The van der Waals surface area contributed by atoms with Gasteiger partial charge < -0.3 is 10.2 Å². The molecule has 1 aromatic rings. The van der Waals surface area contributed by atoms with Crippen molar-refractivity contribution in [3.8, 4) is 0 Å². The van der Waals surface area contributed by atoms with Crippen molar-refractivity contribution in [1.29, 1.82) is 0 Å². The molecular weight excluding hydrogens is 272 g/mol. The Bertz CT molecular complexity index is 502. The number of nitrogens with one attached hydrogen (secondary N) is 1. The Morgan fingerprint density at radius 2 is 2.05 bits per heavy atom. The van der Waals surface area contributed by atoms with Gasteiger partial charge in [-0.3, -0.25) is 0 Å². The summed E-state index contributed by atoms with van der Waals surface area (Å²) in [4.78, 5) is 2.22. The molecule has 2 rings (SSSR count). The van der Waals surface area contributed by atoms with Crippen molar-refractivity contribution in [3.63, 3.8) is 0 Å². The fraction of sp³-hybridized carbons (Fsp3) is 0.600. The Kier molecular flexibility index (Phi) is 5.43. The van der Waals surface area contributed by atoms with Crippen molar-refractivity contribution in [3.05, 3.63) is 30.3 Å². The molecular formula is C15H24N2O2S. The van der Waals surface area contributed by atoms with E-state index < -0.39 is 9.84 Å². The predicted molar refractivity (Wildman–Crippen MR) is 84.0 cm³/mol. The predicted octanol–water partition coefficient (Wildman–Crippen LogP) is 1.68. The van der Waals surface area contributed by atoms with Gasteiger partial charge in [0.2, 0.25) is 0 Å². The summed E-state index contributed by atoms with van der Waals surface area (Å²) in [5.74, 6) is 0.670. The molecule has 1 fully saturated rings. The van der Waals surface area contributed by atoms with Crippen molar-refractivity contribution < 1.29 is 8.42 Å². The molecule has 1 atom stereocenters. The highest BCUT2D eigenvalue weighted by molar-refractivity contribution is 7.91. The smallest absolute Gasteiger partial charge is 0.151 e. The molecule has 1 aliphatic heterocycles. The molecule has 0 aromatic heterocycles. The van der Waals surface area contributed by atoms with Crippen LogP contribution in [0.15, 0.2) is 30.3 Å². The molecule has 0 amide bonds. The van der Waals surface area contributed by atoms with Crippen LogP contribution in [0.4, 0.5) is 5.69 Å². The van der Waals surface area contributed by atoms with E-state index in [-0.39, 0.29) is 6.04 Å². The number of hydrogen-bond acceptors (Lipinski definition) is 4. The molecule has 4 nitrogen and oxygen atoms in total. The molecule has 0 spiro atoms. The fourth-order valence-electron chi connectivity index (χ4n) is 2.62. The van der Waals surface area contributed by atoms with E-state index in [2.05, 4.69) is 29.4 Å². The number of hydrogen-bond donors (Lipinski definition) is 1. The number of para-hydroxylation sites is 1. The SMILES string of the molecule is CN(CCCNC1CCCS(=O)(=O)C1)c1ccccc1. The molecule has 0 bridgehead atoms. The van der Waals surface area contributed by atoms with E-state index in [1.54, 1.807) is 0 Å². The normalized spacial score (nSPS) is 21.6. The lowest BCUT2D eigenvalue weighted by Crippen LogP contribution is -2.41. The average molecular weight is 296 g/mol. The van der Waals surface area contributed by atoms with Gasteiger partial charge in [0.1, 0.15) is 0 Å². The van der Waals surface area contributed by atoms with Gasteiger partial charge in [0.15, 0.2) is 9.84 Å². The van der Waals surface area contributed by atoms with Gasteiger partial charge in [-0.25, -0.2) is 8.42 Å². The molecule has 0 radical (unpaired) electrons. The Labute approximate surface area is 122 Å². The zero-order valence-electron chi connectivity index (χ0n) is 12.1. The summed E-state index contributed by atoms with van der Waals surface area (Å²) in [6, 6.07) is 10.4. The van der Waals surface area contributed by atoms with Crippen molar-refractivity contribution in [2.75, 3.05) is 36.5 Å². The van der Waals surface area contributed by atoms with Crippen LogP contribution in [0.25, 0.3) is 0 Å². The molecule has 1 N–H and O–H groups in total. The van der Waals surface area contributed by atoms with Crippen LogP contribution in [0.5, 0.6) is 0 Å². The Morgan fingerprint density at radius 3 is 2.75 bits per heavy atom. The lowest BCUT2D eigenvalue weighted by Gasteiger charge is -2.24. The molecule has 0 saturated carbocycles. The average Bonchev–Trinajstić information content (AvgIpc) is 2.43. The van der Waals surface area contributed by atoms with Crippen LogP contribution in [-0.2, 0) is 9.84 Å². The maximum absolute atomic E-state index is 11.5. The van der Waals surface area contributed by atoms with Crippen LogP contribution in [-0.4, -0.2) is 46.1 Å². The second-order valence-corrected chi connectivity index (χ2v) is 7.75. The van der Waals surface area contributed by atoms with Crippen LogP contribution in [0.2, 0.25) is 0 Å². The zero-order valence-corrected chi connectivity index (χ0v) is 12.9. The summed E-state index contributed by atoms with van der Waals surface area (Å²) in [5, 5.41) is 3.38. The van der Waals surface area contributed by atoms with E-state index >= 15 is 0 Å². The minimum atomic E-state index is -2.80. The van der Waals surface area contributed by atoms with Crippen molar-refractivity contribution >= 4 is 15.5 Å². The number of sulfone groups is 1. The third kappa shape index (κ3) is 4.80. The number of nitrogens with zero attached hydrogens (tertiary/aromatic N) is 1. The summed E-state index contributed by atoms with van der Waals surface area (Å²) >= 11 is 0. The Morgan fingerprint density at radius 1 is 1.30 bits per heavy atom. The highest BCUT2D eigenvalue weighted by Crippen LogP contribution is 2.13. The van der Waals surface area contributed by atoms with E-state index in [1.165, 1.54) is 5.69 Å². The first-order valence-corrected chi connectivity index (χ1v) is 9.09. The monoisotopic (exact) mass is 296 g/mol. The van der Waals surface area contributed by atoms with Crippen LogP contribution < -0.4 is 10.2 Å². The first-order chi connectivity index (χ1) is 9.57. The minimum Gasteiger partial charge on any atom is -0.375 e. The summed E-state index contributed by atoms with van der Waals surface area (Å²) in [7, 11) is -0.718. The second-order valence-electron chi connectivity index (χ2n) is 5.52. The first-order valence-electron chi connectivity index (χ1n) is 7.27. The van der Waals surface area contributed by atoms with Gasteiger partial charge in [0.25, 0.3) is 0 Å². The third-order valence-corrected chi connectivity index (χ3v) is 5.58. The molecule has 1 heterocycles. The maximum atomic E-state index is 11.5. The lowest BCUT2D eigenvalue weighted by molar-refractivity contribution is 0.477. The minimum absolute atomic E-state index is 0.149. The lowest BCUT2D eigenvalue weighted by atomic mass is 10.2. The van der Waals surface area contributed by atoms with Gasteiger partial charge >= 0.3 is 0 Å². The third-order valence-electron chi connectivity index (χ3n) is 3.76. The Balaban J connectivity index is 1.67. The van der Waals surface area contributed by atoms with E-state index in [1.807, 2.05) is 18.2 Å². The van der Waals surface area contributed by atoms with Gasteiger partial charge in [-0.15, -0.1) is 0 Å². The van der Waals surface area contributed by atoms with Gasteiger partial charge in [-0.2, -0.15) is 0 Å². The number of benzene rings is 1.